The zero-order valence-corrected chi connectivity index (χ0v) is 19.4. The summed E-state index contributed by atoms with van der Waals surface area (Å²) in [4.78, 5) is 24.3. The first kappa shape index (κ1) is 21.7. The highest BCUT2D eigenvalue weighted by atomic mass is 32.2. The summed E-state index contributed by atoms with van der Waals surface area (Å²) in [5.74, 6) is 0.141. The zero-order valence-electron chi connectivity index (χ0n) is 17.8. The van der Waals surface area contributed by atoms with Crippen LogP contribution in [0.1, 0.15) is 30.5 Å². The quantitative estimate of drug-likeness (QED) is 0.588. The largest absolute Gasteiger partial charge is 0.453 e. The van der Waals surface area contributed by atoms with E-state index in [9.17, 15) is 9.00 Å². The van der Waals surface area contributed by atoms with E-state index in [4.69, 9.17) is 5.73 Å². The van der Waals surface area contributed by atoms with Crippen molar-refractivity contribution in [3.63, 3.8) is 0 Å². The molecule has 4 heterocycles. The van der Waals surface area contributed by atoms with E-state index in [0.717, 1.165) is 51.6 Å². The number of nitrogens with zero attached hydrogens (tertiary/aromatic N) is 3. The molecule has 0 saturated heterocycles. The molecule has 1 amide bonds. The van der Waals surface area contributed by atoms with Crippen LogP contribution in [0.3, 0.4) is 0 Å². The Bertz CT molecular complexity index is 1210. The minimum absolute atomic E-state index is 0.141. The second kappa shape index (κ2) is 8.99. The van der Waals surface area contributed by atoms with Gasteiger partial charge in [-0.05, 0) is 31.1 Å². The molecule has 5 rings (SSSR count). The topological polar surface area (TPSA) is 132 Å². The summed E-state index contributed by atoms with van der Waals surface area (Å²) in [5.41, 5.74) is 11.2. The lowest BCUT2D eigenvalue weighted by atomic mass is 9.96. The Labute approximate surface area is 197 Å². The molecule has 0 spiro atoms. The number of pyridine rings is 1. The predicted octanol–water partition coefficient (Wildman–Crippen LogP) is 2.95. The number of hydrogen-bond donors (Lipinski definition) is 3. The molecule has 2 unspecified atom stereocenters. The Morgan fingerprint density at radius 2 is 2.06 bits per heavy atom. The van der Waals surface area contributed by atoms with Crippen LogP contribution in [0, 0.1) is 0 Å². The molecular formula is C22H22N6O3S2. The highest BCUT2D eigenvalue weighted by Crippen LogP contribution is 2.48. The molecule has 3 aliphatic rings. The lowest BCUT2D eigenvalue weighted by molar-refractivity contribution is 0.186. The van der Waals surface area contributed by atoms with Crippen LogP contribution in [0.5, 0.6) is 0 Å². The van der Waals surface area contributed by atoms with Crippen LogP contribution >= 0.6 is 11.8 Å². The number of fused-ring (bicyclic) bond motifs is 1. The fraction of sp³-hybridized carbons (Fsp3) is 0.273. The molecule has 170 valence electrons. The second-order valence-corrected chi connectivity index (χ2v) is 10.7. The maximum atomic E-state index is 13.1. The Kier molecular flexibility index (Phi) is 5.90. The van der Waals surface area contributed by atoms with Gasteiger partial charge in [0.05, 0.1) is 33.5 Å². The average molecular weight is 483 g/mol. The van der Waals surface area contributed by atoms with Gasteiger partial charge in [0.25, 0.3) is 0 Å². The molecule has 0 bridgehead atoms. The summed E-state index contributed by atoms with van der Waals surface area (Å²) in [5, 5.41) is 5.90. The first-order valence-electron chi connectivity index (χ1n) is 10.4. The van der Waals surface area contributed by atoms with Crippen molar-refractivity contribution in [1.29, 1.82) is 0 Å². The Morgan fingerprint density at radius 1 is 1.27 bits per heavy atom. The number of aromatic nitrogens is 3. The number of carbonyl (C=O) groups is 1. The van der Waals surface area contributed by atoms with Crippen molar-refractivity contribution in [2.45, 2.75) is 29.9 Å². The number of rotatable bonds is 5. The van der Waals surface area contributed by atoms with Gasteiger partial charge in [-0.2, -0.15) is 0 Å². The van der Waals surface area contributed by atoms with E-state index in [1.807, 2.05) is 24.3 Å². The van der Waals surface area contributed by atoms with Gasteiger partial charge in [-0.1, -0.05) is 24.2 Å². The third-order valence-electron chi connectivity index (χ3n) is 5.70. The minimum Gasteiger partial charge on any atom is -0.453 e. The average Bonchev–Trinajstić information content (AvgIpc) is 3.15. The molecule has 2 atom stereocenters. The number of methoxy groups -OCH3 is 1. The summed E-state index contributed by atoms with van der Waals surface area (Å²) in [6.45, 7) is 0. The summed E-state index contributed by atoms with van der Waals surface area (Å²) in [6, 6.07) is 5.71. The van der Waals surface area contributed by atoms with Crippen molar-refractivity contribution in [2.24, 2.45) is 5.73 Å². The number of thioether (sulfide) groups is 1. The van der Waals surface area contributed by atoms with Gasteiger partial charge in [0, 0.05) is 46.2 Å². The van der Waals surface area contributed by atoms with Gasteiger partial charge in [-0.15, -0.1) is 0 Å². The summed E-state index contributed by atoms with van der Waals surface area (Å²) in [7, 11) is 0.159. The molecule has 0 radical (unpaired) electrons. The van der Waals surface area contributed by atoms with Crippen LogP contribution in [-0.4, -0.2) is 43.0 Å². The van der Waals surface area contributed by atoms with Gasteiger partial charge in [0.15, 0.2) is 0 Å². The normalized spacial score (nSPS) is 21.0. The monoisotopic (exact) mass is 482 g/mol. The standard InChI is InChI=1S/C22H22N6O3S2/c1-31-22(29)28-21-25-10-12(11-26-21)16-9-14(15-7-2-3-8-24-15)17-18(23)20(32-19(17)27-16)33(30)13-5-4-6-13/h2-3,7-11,13,19,27H,4-6,23H2,1H3,(H,25,26,28,29). The minimum atomic E-state index is -1.11. The van der Waals surface area contributed by atoms with Gasteiger partial charge in [0.1, 0.15) is 5.37 Å². The second-order valence-electron chi connectivity index (χ2n) is 7.71. The number of amides is 1. The first-order valence-corrected chi connectivity index (χ1v) is 12.5. The Hall–Kier alpha value is -3.18. The van der Waals surface area contributed by atoms with E-state index in [1.165, 1.54) is 18.9 Å². The lowest BCUT2D eigenvalue weighted by Crippen LogP contribution is -2.30. The van der Waals surface area contributed by atoms with Gasteiger partial charge < -0.3 is 15.8 Å². The van der Waals surface area contributed by atoms with E-state index in [-0.39, 0.29) is 16.6 Å². The number of hydrogen-bond acceptors (Lipinski definition) is 9. The molecule has 1 fully saturated rings. The van der Waals surface area contributed by atoms with E-state index in [1.54, 1.807) is 18.6 Å². The van der Waals surface area contributed by atoms with Crippen LogP contribution in [0.25, 0.3) is 11.3 Å². The number of nitrogens with two attached hydrogens (primary N) is 1. The molecule has 9 nitrogen and oxygen atoms in total. The molecule has 2 aromatic rings. The van der Waals surface area contributed by atoms with Crippen LogP contribution in [-0.2, 0) is 15.5 Å². The Balaban J connectivity index is 1.53. The smallest absolute Gasteiger partial charge is 0.413 e. The van der Waals surface area contributed by atoms with Crippen LogP contribution in [0.15, 0.2) is 58.4 Å². The zero-order chi connectivity index (χ0) is 22.9. The molecule has 33 heavy (non-hydrogen) atoms. The molecule has 4 N–H and O–H groups in total. The van der Waals surface area contributed by atoms with E-state index in [0.29, 0.717) is 5.70 Å². The molecule has 1 aliphatic carbocycles. The maximum Gasteiger partial charge on any atom is 0.413 e. The van der Waals surface area contributed by atoms with Crippen molar-refractivity contribution in [3.8, 4) is 0 Å². The summed E-state index contributed by atoms with van der Waals surface area (Å²) >= 11 is 1.50. The highest BCUT2D eigenvalue weighted by Gasteiger charge is 2.39. The molecular weight excluding hydrogens is 460 g/mol. The number of allylic oxidation sites excluding steroid dienone is 2. The molecule has 11 heteroatoms. The van der Waals surface area contributed by atoms with Gasteiger partial charge in [0.2, 0.25) is 5.95 Å². The van der Waals surface area contributed by atoms with Gasteiger partial charge in [-0.25, -0.2) is 14.8 Å². The summed E-state index contributed by atoms with van der Waals surface area (Å²) < 4.78 is 18.4. The lowest BCUT2D eigenvalue weighted by Gasteiger charge is -2.26. The van der Waals surface area contributed by atoms with Crippen molar-refractivity contribution in [3.05, 3.63) is 69.6 Å². The highest BCUT2D eigenvalue weighted by molar-refractivity contribution is 8.17. The van der Waals surface area contributed by atoms with Crippen molar-refractivity contribution in [2.75, 3.05) is 12.4 Å². The maximum absolute atomic E-state index is 13.1. The molecule has 0 aromatic carbocycles. The predicted molar refractivity (Wildman–Crippen MR) is 129 cm³/mol. The molecule has 2 aliphatic heterocycles. The fourth-order valence-corrected chi connectivity index (χ4v) is 7.22. The van der Waals surface area contributed by atoms with Crippen molar-refractivity contribution >= 4 is 45.9 Å². The van der Waals surface area contributed by atoms with Gasteiger partial charge >= 0.3 is 6.09 Å². The number of carbonyl (C=O) groups excluding carboxylic acids is 1. The number of nitrogens with one attached hydrogen (secondary N) is 2. The van der Waals surface area contributed by atoms with E-state index < -0.39 is 16.9 Å². The number of ether oxygens (including phenoxy) is 1. The summed E-state index contributed by atoms with van der Waals surface area (Å²) in [6.07, 6.45) is 9.34. The van der Waals surface area contributed by atoms with Crippen LogP contribution < -0.4 is 16.4 Å². The third-order valence-corrected chi connectivity index (χ3v) is 9.17. The third kappa shape index (κ3) is 4.13. The van der Waals surface area contributed by atoms with E-state index in [2.05, 4.69) is 30.3 Å². The van der Waals surface area contributed by atoms with Gasteiger partial charge in [-0.3, -0.25) is 14.5 Å². The number of anilines is 1. The van der Waals surface area contributed by atoms with Crippen LogP contribution in [0.4, 0.5) is 10.7 Å². The molecule has 2 aromatic heterocycles. The van der Waals surface area contributed by atoms with E-state index >= 15 is 0 Å². The Morgan fingerprint density at radius 3 is 2.70 bits per heavy atom. The van der Waals surface area contributed by atoms with Crippen molar-refractivity contribution in [1.82, 2.24) is 20.3 Å². The molecule has 1 saturated carbocycles. The van der Waals surface area contributed by atoms with Crippen molar-refractivity contribution < 1.29 is 13.7 Å². The SMILES string of the molecule is COC(=O)Nc1ncc(C2=CC(c3ccccn3)=C3C(N)=C(S(=O)C4CCC4)SC3N2)cn1. The number of dihydropyridines is 1. The van der Waals surface area contributed by atoms with Crippen LogP contribution in [0.2, 0.25) is 0 Å². The fourth-order valence-electron chi connectivity index (χ4n) is 3.74. The first-order chi connectivity index (χ1) is 16.0.